The molecule has 3 N–H and O–H groups in total. The molecule has 140 valence electrons. The largest absolute Gasteiger partial charge is 0.480 e. The fourth-order valence-electron chi connectivity index (χ4n) is 3.42. The number of ether oxygens (including phenoxy) is 1. The highest BCUT2D eigenvalue weighted by atomic mass is 32.2. The van der Waals surface area contributed by atoms with Gasteiger partial charge in [-0.1, -0.05) is 30.3 Å². The summed E-state index contributed by atoms with van der Waals surface area (Å²) >= 11 is 1.24. The SMILES string of the molecule is COC1(NC(=O)C(O)c2ccccc2)C(=O)N2[C@@H](C(=O)O)C(C)(C)S[C@@H]21. The number of carboxylic acids is 1. The summed E-state index contributed by atoms with van der Waals surface area (Å²) in [5.41, 5.74) is -1.32. The zero-order chi connectivity index (χ0) is 19.3. The van der Waals surface area contributed by atoms with Gasteiger partial charge in [-0.3, -0.25) is 9.59 Å². The Bertz CT molecular complexity index is 755. The fraction of sp³-hybridized carbons (Fsp3) is 0.471. The number of carbonyl (C=O) groups excluding carboxylic acids is 2. The Balaban J connectivity index is 1.84. The lowest BCUT2D eigenvalue weighted by Gasteiger charge is -2.51. The number of hydrogen-bond acceptors (Lipinski definition) is 6. The Labute approximate surface area is 154 Å². The third kappa shape index (κ3) is 2.58. The van der Waals surface area contributed by atoms with E-state index >= 15 is 0 Å². The Morgan fingerprint density at radius 3 is 2.46 bits per heavy atom. The van der Waals surface area contributed by atoms with Crippen LogP contribution in [0.15, 0.2) is 30.3 Å². The van der Waals surface area contributed by atoms with E-state index in [0.29, 0.717) is 5.56 Å². The van der Waals surface area contributed by atoms with Gasteiger partial charge in [0.2, 0.25) is 0 Å². The number of thioether (sulfide) groups is 1. The van der Waals surface area contributed by atoms with Crippen LogP contribution in [0.3, 0.4) is 0 Å². The van der Waals surface area contributed by atoms with Gasteiger partial charge in [-0.05, 0) is 19.4 Å². The molecule has 0 spiro atoms. The van der Waals surface area contributed by atoms with E-state index in [1.807, 2.05) is 0 Å². The summed E-state index contributed by atoms with van der Waals surface area (Å²) in [6.07, 6.45) is -1.47. The molecule has 0 radical (unpaired) electrons. The van der Waals surface area contributed by atoms with E-state index in [9.17, 15) is 24.6 Å². The van der Waals surface area contributed by atoms with Crippen LogP contribution in [0.25, 0.3) is 0 Å². The molecule has 9 heteroatoms. The summed E-state index contributed by atoms with van der Waals surface area (Å²) in [4.78, 5) is 38.0. The van der Waals surface area contributed by atoms with Gasteiger partial charge in [-0.2, -0.15) is 0 Å². The van der Waals surface area contributed by atoms with Gasteiger partial charge in [-0.25, -0.2) is 4.79 Å². The predicted octanol–water partition coefficient (Wildman–Crippen LogP) is 0.326. The first-order valence-electron chi connectivity index (χ1n) is 7.99. The smallest absolute Gasteiger partial charge is 0.327 e. The van der Waals surface area contributed by atoms with Crippen molar-refractivity contribution in [1.82, 2.24) is 10.2 Å². The molecule has 0 saturated carbocycles. The number of carboxylic acid groups (broad SMARTS) is 1. The normalized spacial score (nSPS) is 30.3. The lowest BCUT2D eigenvalue weighted by atomic mass is 9.93. The van der Waals surface area contributed by atoms with Crippen LogP contribution >= 0.6 is 11.8 Å². The number of nitrogens with zero attached hydrogens (tertiary/aromatic N) is 1. The van der Waals surface area contributed by atoms with Crippen LogP contribution in [0.5, 0.6) is 0 Å². The van der Waals surface area contributed by atoms with Crippen LogP contribution in [0, 0.1) is 0 Å². The molecule has 26 heavy (non-hydrogen) atoms. The van der Waals surface area contributed by atoms with Crippen molar-refractivity contribution >= 4 is 29.5 Å². The second-order valence-corrected chi connectivity index (χ2v) is 8.50. The maximum absolute atomic E-state index is 12.7. The van der Waals surface area contributed by atoms with Gasteiger partial charge >= 0.3 is 5.97 Å². The van der Waals surface area contributed by atoms with Crippen LogP contribution in [-0.4, -0.2) is 61.9 Å². The van der Waals surface area contributed by atoms with Crippen molar-refractivity contribution in [3.05, 3.63) is 35.9 Å². The Morgan fingerprint density at radius 1 is 1.31 bits per heavy atom. The number of aliphatic carboxylic acids is 1. The van der Waals surface area contributed by atoms with Crippen molar-refractivity contribution in [2.24, 2.45) is 0 Å². The molecular weight excluding hydrogens is 360 g/mol. The van der Waals surface area contributed by atoms with E-state index in [4.69, 9.17) is 4.74 Å². The summed E-state index contributed by atoms with van der Waals surface area (Å²) in [6, 6.07) is 7.27. The number of aliphatic hydroxyl groups is 1. The standard InChI is InChI=1S/C17H20N2O6S/c1-16(2)11(13(22)23)19-14(24)17(25-3,15(19)26-16)18-12(21)10(20)9-7-5-4-6-8-9/h4-8,10-11,15,20H,1-3H3,(H,18,21)(H,22,23)/t10?,11-,15+,17?/m0/s1. The molecule has 2 aliphatic rings. The topological polar surface area (TPSA) is 116 Å². The summed E-state index contributed by atoms with van der Waals surface area (Å²) < 4.78 is 4.58. The number of nitrogens with one attached hydrogen (secondary N) is 1. The molecule has 2 fully saturated rings. The van der Waals surface area contributed by atoms with E-state index in [0.717, 1.165) is 0 Å². The highest BCUT2D eigenvalue weighted by Crippen LogP contribution is 2.55. The minimum atomic E-state index is -1.70. The summed E-state index contributed by atoms with van der Waals surface area (Å²) in [6.45, 7) is 3.45. The minimum Gasteiger partial charge on any atom is -0.480 e. The Morgan fingerprint density at radius 2 is 1.92 bits per heavy atom. The van der Waals surface area contributed by atoms with Crippen molar-refractivity contribution < 1.29 is 29.3 Å². The molecule has 1 aromatic carbocycles. The van der Waals surface area contributed by atoms with Gasteiger partial charge in [0, 0.05) is 11.9 Å². The van der Waals surface area contributed by atoms with Crippen LogP contribution in [0.4, 0.5) is 0 Å². The molecule has 1 aromatic rings. The predicted molar refractivity (Wildman–Crippen MR) is 93.0 cm³/mol. The first-order valence-corrected chi connectivity index (χ1v) is 8.87. The van der Waals surface area contributed by atoms with Crippen molar-refractivity contribution in [1.29, 1.82) is 0 Å². The summed E-state index contributed by atoms with van der Waals surface area (Å²) in [5, 5.41) is 21.5. The van der Waals surface area contributed by atoms with Crippen LogP contribution in [-0.2, 0) is 19.1 Å². The zero-order valence-electron chi connectivity index (χ0n) is 14.5. The zero-order valence-corrected chi connectivity index (χ0v) is 15.3. The highest BCUT2D eigenvalue weighted by Gasteiger charge is 2.73. The lowest BCUT2D eigenvalue weighted by Crippen LogP contribution is -2.80. The molecule has 0 bridgehead atoms. The Kier molecular flexibility index (Phi) is 4.50. The number of β-lactam (4-membered cyclic amide) rings is 1. The molecular formula is C17H20N2O6S. The van der Waals surface area contributed by atoms with E-state index in [2.05, 4.69) is 5.32 Å². The number of rotatable bonds is 5. The maximum Gasteiger partial charge on any atom is 0.327 e. The van der Waals surface area contributed by atoms with Gasteiger partial charge in [0.05, 0.1) is 0 Å². The minimum absolute atomic E-state index is 0.377. The Hall–Kier alpha value is -2.10. The summed E-state index contributed by atoms with van der Waals surface area (Å²) in [5.74, 6) is -2.54. The maximum atomic E-state index is 12.7. The molecule has 0 aliphatic carbocycles. The van der Waals surface area contributed by atoms with Crippen LogP contribution < -0.4 is 5.32 Å². The van der Waals surface area contributed by atoms with E-state index in [1.165, 1.54) is 23.8 Å². The number of benzene rings is 1. The number of hydrogen-bond donors (Lipinski definition) is 3. The molecule has 2 unspecified atom stereocenters. The highest BCUT2D eigenvalue weighted by molar-refractivity contribution is 8.01. The molecule has 2 amide bonds. The molecule has 2 heterocycles. The third-order valence-corrected chi connectivity index (χ3v) is 6.35. The number of fused-ring (bicyclic) bond motifs is 1. The summed E-state index contributed by atoms with van der Waals surface area (Å²) in [7, 11) is 1.27. The molecule has 4 atom stereocenters. The second kappa shape index (κ2) is 6.26. The molecule has 2 aliphatic heterocycles. The number of methoxy groups -OCH3 is 1. The van der Waals surface area contributed by atoms with Crippen molar-refractivity contribution in [3.8, 4) is 0 Å². The first kappa shape index (κ1) is 18.7. The van der Waals surface area contributed by atoms with Crippen molar-refractivity contribution in [2.45, 2.75) is 41.8 Å². The number of aliphatic hydroxyl groups excluding tert-OH is 1. The monoisotopic (exact) mass is 380 g/mol. The quantitative estimate of drug-likeness (QED) is 0.498. The molecule has 3 rings (SSSR count). The molecule has 2 saturated heterocycles. The van der Waals surface area contributed by atoms with Crippen LogP contribution in [0.1, 0.15) is 25.5 Å². The van der Waals surface area contributed by atoms with Gasteiger partial charge in [-0.15, -0.1) is 11.8 Å². The van der Waals surface area contributed by atoms with E-state index < -0.39 is 45.8 Å². The van der Waals surface area contributed by atoms with E-state index in [1.54, 1.807) is 44.2 Å². The van der Waals surface area contributed by atoms with Gasteiger partial charge in [0.25, 0.3) is 17.5 Å². The van der Waals surface area contributed by atoms with Crippen molar-refractivity contribution in [3.63, 3.8) is 0 Å². The molecule has 8 nitrogen and oxygen atoms in total. The lowest BCUT2D eigenvalue weighted by molar-refractivity contribution is -0.202. The fourth-order valence-corrected chi connectivity index (χ4v) is 5.09. The van der Waals surface area contributed by atoms with E-state index in [-0.39, 0.29) is 0 Å². The second-order valence-electron chi connectivity index (χ2n) is 6.77. The average molecular weight is 380 g/mol. The van der Waals surface area contributed by atoms with Crippen molar-refractivity contribution in [2.75, 3.05) is 7.11 Å². The number of amides is 2. The number of carbonyl (C=O) groups is 3. The van der Waals surface area contributed by atoms with Crippen LogP contribution in [0.2, 0.25) is 0 Å². The first-order chi connectivity index (χ1) is 12.2. The average Bonchev–Trinajstić information content (AvgIpc) is 2.88. The van der Waals surface area contributed by atoms with Gasteiger partial charge < -0.3 is 25.2 Å². The molecule has 0 aromatic heterocycles. The van der Waals surface area contributed by atoms with Gasteiger partial charge in [0.1, 0.15) is 11.4 Å². The van der Waals surface area contributed by atoms with Gasteiger partial charge in [0.15, 0.2) is 6.10 Å². The third-order valence-electron chi connectivity index (χ3n) is 4.73.